The average molecular weight is 565 g/mol. The summed E-state index contributed by atoms with van der Waals surface area (Å²) < 4.78 is 106. The number of halogens is 7. The quantitative estimate of drug-likeness (QED) is 0.290. The summed E-state index contributed by atoms with van der Waals surface area (Å²) in [4.78, 5) is 13.5. The lowest BCUT2D eigenvalue weighted by Gasteiger charge is -2.23. The van der Waals surface area contributed by atoms with E-state index in [0.29, 0.717) is 11.1 Å². The van der Waals surface area contributed by atoms with Crippen LogP contribution in [0.25, 0.3) is 5.57 Å². The zero-order chi connectivity index (χ0) is 29.1. The van der Waals surface area contributed by atoms with Gasteiger partial charge in [-0.05, 0) is 36.4 Å². The maximum absolute atomic E-state index is 14.0. The number of anilines is 1. The normalized spacial score (nSPS) is 20.1. The Hall–Kier alpha value is -3.69. The van der Waals surface area contributed by atoms with Gasteiger partial charge in [-0.15, -0.1) is 0 Å². The van der Waals surface area contributed by atoms with Crippen molar-refractivity contribution in [3.8, 4) is 5.75 Å². The molecule has 3 atom stereocenters. The molecule has 3 unspecified atom stereocenters. The summed E-state index contributed by atoms with van der Waals surface area (Å²) in [6.07, 6.45) is -14.0. The van der Waals surface area contributed by atoms with E-state index in [4.69, 9.17) is 14.9 Å². The van der Waals surface area contributed by atoms with Crippen molar-refractivity contribution in [3.05, 3.63) is 65.1 Å². The van der Waals surface area contributed by atoms with Gasteiger partial charge in [-0.2, -0.15) is 26.3 Å². The number of hydrogen-bond acceptors (Lipinski definition) is 7. The Morgan fingerprint density at radius 2 is 1.82 bits per heavy atom. The smallest absolute Gasteiger partial charge is 0.409 e. The molecule has 2 aromatic rings. The number of alkyl halides is 6. The summed E-state index contributed by atoms with van der Waals surface area (Å²) in [7, 11) is 1.09. The van der Waals surface area contributed by atoms with E-state index in [1.165, 1.54) is 0 Å². The van der Waals surface area contributed by atoms with E-state index in [-0.39, 0.29) is 24.2 Å². The first-order chi connectivity index (χ1) is 18.1. The molecule has 3 rings (SSSR count). The molecule has 4 N–H and O–H groups in total. The van der Waals surface area contributed by atoms with Gasteiger partial charge in [0, 0.05) is 42.7 Å². The number of aliphatic hydroxyl groups excluding tert-OH is 2. The molecule has 212 valence electrons. The van der Waals surface area contributed by atoms with Gasteiger partial charge in [0.1, 0.15) is 18.1 Å². The second-order valence-corrected chi connectivity index (χ2v) is 8.36. The SMILES string of the molecule is CN(C(=O)Oc1c(/C(C=N)=C/NC2CC(O)C(CO)O2)cc(C(F)(F)F)cc1C(F)(F)F)c1ccc(F)cc1. The van der Waals surface area contributed by atoms with Crippen LogP contribution in [0.4, 0.5) is 41.2 Å². The molecule has 0 aliphatic carbocycles. The maximum Gasteiger partial charge on any atom is 0.420 e. The molecule has 0 saturated carbocycles. The summed E-state index contributed by atoms with van der Waals surface area (Å²) in [6, 6.07) is 4.24. The van der Waals surface area contributed by atoms with Crippen LogP contribution in [-0.4, -0.2) is 54.6 Å². The number of carbonyl (C=O) groups excluding carboxylic acids is 1. The Kier molecular flexibility index (Phi) is 8.87. The lowest BCUT2D eigenvalue weighted by atomic mass is 9.98. The Labute approximate surface area is 216 Å². The fourth-order valence-electron chi connectivity index (χ4n) is 3.63. The molecule has 0 aromatic heterocycles. The zero-order valence-corrected chi connectivity index (χ0v) is 20.0. The largest absolute Gasteiger partial charge is 0.420 e. The summed E-state index contributed by atoms with van der Waals surface area (Å²) in [5, 5.41) is 29.2. The number of ether oxygens (including phenoxy) is 2. The lowest BCUT2D eigenvalue weighted by molar-refractivity contribution is -0.143. The first-order valence-corrected chi connectivity index (χ1v) is 11.1. The number of nitrogens with one attached hydrogen (secondary N) is 2. The van der Waals surface area contributed by atoms with Crippen molar-refractivity contribution in [2.45, 2.75) is 37.2 Å². The molecule has 0 bridgehead atoms. The molecule has 1 fully saturated rings. The molecule has 1 saturated heterocycles. The van der Waals surface area contributed by atoms with Gasteiger partial charge in [0.15, 0.2) is 5.75 Å². The topological polar surface area (TPSA) is 115 Å². The fraction of sp³-hybridized carbons (Fsp3) is 0.333. The second-order valence-electron chi connectivity index (χ2n) is 8.36. The number of carbonyl (C=O) groups is 1. The van der Waals surface area contributed by atoms with Crippen molar-refractivity contribution in [3.63, 3.8) is 0 Å². The van der Waals surface area contributed by atoms with Gasteiger partial charge in [-0.1, -0.05) is 0 Å². The highest BCUT2D eigenvalue weighted by Crippen LogP contribution is 2.44. The molecule has 1 amide bonds. The highest BCUT2D eigenvalue weighted by atomic mass is 19.4. The first-order valence-electron chi connectivity index (χ1n) is 11.1. The Bertz CT molecular complexity index is 1230. The van der Waals surface area contributed by atoms with Gasteiger partial charge in [-0.25, -0.2) is 9.18 Å². The molecule has 15 heteroatoms. The van der Waals surface area contributed by atoms with Crippen LogP contribution >= 0.6 is 0 Å². The number of benzene rings is 2. The first kappa shape index (κ1) is 29.9. The van der Waals surface area contributed by atoms with Crippen molar-refractivity contribution < 1.29 is 55.2 Å². The van der Waals surface area contributed by atoms with Crippen molar-refractivity contribution >= 4 is 23.6 Å². The predicted octanol–water partition coefficient (Wildman–Crippen LogP) is 4.55. The third-order valence-corrected chi connectivity index (χ3v) is 5.69. The van der Waals surface area contributed by atoms with Crippen LogP contribution in [0.2, 0.25) is 0 Å². The van der Waals surface area contributed by atoms with Gasteiger partial charge in [-0.3, -0.25) is 4.90 Å². The van der Waals surface area contributed by atoms with Crippen molar-refractivity contribution in [1.82, 2.24) is 5.32 Å². The summed E-state index contributed by atoms with van der Waals surface area (Å²) in [6.45, 7) is -0.551. The van der Waals surface area contributed by atoms with Crippen LogP contribution in [0.3, 0.4) is 0 Å². The minimum absolute atomic E-state index is 0.00304. The fourth-order valence-corrected chi connectivity index (χ4v) is 3.63. The molecule has 1 aliphatic rings. The van der Waals surface area contributed by atoms with E-state index in [9.17, 15) is 45.7 Å². The standard InChI is InChI=1S/C24H22F7N3O5/c1-34(15-4-2-14(25)3-5-15)22(37)39-21-16(6-13(23(26,27)28)7-17(21)24(29,30)31)12(9-32)10-33-20-8-18(36)19(11-35)38-20/h2-7,9-10,18-20,32-33,35-36H,8,11H2,1H3/b12-10+,32-9?. The van der Waals surface area contributed by atoms with E-state index in [1.54, 1.807) is 0 Å². The third-order valence-electron chi connectivity index (χ3n) is 5.69. The molecule has 8 nitrogen and oxygen atoms in total. The Morgan fingerprint density at radius 1 is 1.18 bits per heavy atom. The molecule has 1 heterocycles. The van der Waals surface area contributed by atoms with Gasteiger partial charge in [0.2, 0.25) is 0 Å². The highest BCUT2D eigenvalue weighted by molar-refractivity contribution is 6.10. The van der Waals surface area contributed by atoms with Crippen LogP contribution in [0, 0.1) is 11.2 Å². The predicted molar refractivity (Wildman–Crippen MR) is 124 cm³/mol. The molecular weight excluding hydrogens is 543 g/mol. The second kappa shape index (κ2) is 11.6. The molecule has 0 radical (unpaired) electrons. The van der Waals surface area contributed by atoms with Gasteiger partial charge < -0.3 is 30.4 Å². The maximum atomic E-state index is 14.0. The van der Waals surface area contributed by atoms with Gasteiger partial charge in [0.05, 0.1) is 23.8 Å². The molecule has 1 aliphatic heterocycles. The van der Waals surface area contributed by atoms with Gasteiger partial charge >= 0.3 is 18.4 Å². The van der Waals surface area contributed by atoms with E-state index in [0.717, 1.165) is 37.5 Å². The minimum atomic E-state index is -5.42. The number of hydrogen-bond donors (Lipinski definition) is 4. The van der Waals surface area contributed by atoms with Crippen LogP contribution in [-0.2, 0) is 17.1 Å². The third kappa shape index (κ3) is 7.04. The van der Waals surface area contributed by atoms with E-state index in [1.807, 2.05) is 0 Å². The van der Waals surface area contributed by atoms with Crippen LogP contribution in [0.5, 0.6) is 5.75 Å². The Balaban J connectivity index is 2.10. The number of allylic oxidation sites excluding steroid dienone is 1. The molecule has 2 aromatic carbocycles. The van der Waals surface area contributed by atoms with E-state index >= 15 is 0 Å². The van der Waals surface area contributed by atoms with Crippen molar-refractivity contribution in [2.75, 3.05) is 18.6 Å². The van der Waals surface area contributed by atoms with Crippen LogP contribution in [0.1, 0.15) is 23.1 Å². The highest BCUT2D eigenvalue weighted by Gasteiger charge is 2.42. The average Bonchev–Trinajstić information content (AvgIpc) is 3.22. The van der Waals surface area contributed by atoms with Gasteiger partial charge in [0.25, 0.3) is 0 Å². The summed E-state index contributed by atoms with van der Waals surface area (Å²) in [5.74, 6) is -1.98. The number of amides is 1. The van der Waals surface area contributed by atoms with Crippen molar-refractivity contribution in [1.29, 1.82) is 5.41 Å². The molecule has 39 heavy (non-hydrogen) atoms. The summed E-state index contributed by atoms with van der Waals surface area (Å²) >= 11 is 0. The van der Waals surface area contributed by atoms with E-state index in [2.05, 4.69) is 5.32 Å². The Morgan fingerprint density at radius 3 is 2.33 bits per heavy atom. The number of rotatable bonds is 7. The monoisotopic (exact) mass is 565 g/mol. The number of aliphatic hydroxyl groups is 2. The summed E-state index contributed by atoms with van der Waals surface area (Å²) in [5.41, 5.74) is -5.13. The molecule has 0 spiro atoms. The molecular formula is C24H22F7N3O5. The van der Waals surface area contributed by atoms with Crippen LogP contribution in [0.15, 0.2) is 42.6 Å². The zero-order valence-electron chi connectivity index (χ0n) is 20.0. The van der Waals surface area contributed by atoms with Crippen molar-refractivity contribution in [2.24, 2.45) is 0 Å². The van der Waals surface area contributed by atoms with E-state index < -0.39 is 77.3 Å². The van der Waals surface area contributed by atoms with Crippen LogP contribution < -0.4 is 15.0 Å². The lowest BCUT2D eigenvalue weighted by Crippen LogP contribution is -2.31. The number of nitrogens with zero attached hydrogens (tertiary/aromatic N) is 1. The minimum Gasteiger partial charge on any atom is -0.409 e.